The zero-order valence-corrected chi connectivity index (χ0v) is 8.58. The van der Waals surface area contributed by atoms with Crippen molar-refractivity contribution in [2.45, 2.75) is 19.4 Å². The number of halogens is 1. The highest BCUT2D eigenvalue weighted by Crippen LogP contribution is 2.25. The minimum atomic E-state index is -0.245. The molecule has 0 amide bonds. The van der Waals surface area contributed by atoms with Crippen LogP contribution in [0.15, 0.2) is 18.2 Å². The van der Waals surface area contributed by atoms with Gasteiger partial charge in [0.05, 0.1) is 6.61 Å². The highest BCUT2D eigenvalue weighted by Gasteiger charge is 2.15. The van der Waals surface area contributed by atoms with E-state index < -0.39 is 0 Å². The molecule has 2 N–H and O–H groups in total. The van der Waals surface area contributed by atoms with E-state index in [2.05, 4.69) is 9.74 Å². The number of anilines is 1. The lowest BCUT2D eigenvalue weighted by Gasteiger charge is -2.20. The first kappa shape index (κ1) is 10.4. The summed E-state index contributed by atoms with van der Waals surface area (Å²) >= 11 is 0. The molecule has 0 spiro atoms. The van der Waals surface area contributed by atoms with Gasteiger partial charge >= 0.3 is 0 Å². The van der Waals surface area contributed by atoms with Crippen molar-refractivity contribution in [3.05, 3.63) is 29.6 Å². The molecule has 0 radical (unpaired) electrons. The molecule has 1 aliphatic heterocycles. The Morgan fingerprint density at radius 1 is 1.33 bits per heavy atom. The van der Waals surface area contributed by atoms with E-state index in [1.807, 2.05) is 0 Å². The Labute approximate surface area is 88.6 Å². The summed E-state index contributed by atoms with van der Waals surface area (Å²) in [5.41, 5.74) is 1.86. The van der Waals surface area contributed by atoms with Gasteiger partial charge in [-0.25, -0.2) is 10.3 Å². The largest absolute Gasteiger partial charge is 0.371 e. The van der Waals surface area contributed by atoms with Crippen LogP contribution >= 0.6 is 0 Å². The highest BCUT2D eigenvalue weighted by atomic mass is 19.1. The number of benzene rings is 1. The van der Waals surface area contributed by atoms with E-state index in [0.717, 1.165) is 24.3 Å². The van der Waals surface area contributed by atoms with Crippen molar-refractivity contribution in [2.24, 2.45) is 5.90 Å². The van der Waals surface area contributed by atoms with Crippen LogP contribution in [0.3, 0.4) is 0 Å². The van der Waals surface area contributed by atoms with E-state index >= 15 is 0 Å². The molecule has 1 aliphatic rings. The molecule has 15 heavy (non-hydrogen) atoms. The molecule has 1 heterocycles. The third-order valence-corrected chi connectivity index (χ3v) is 2.73. The van der Waals surface area contributed by atoms with Crippen LogP contribution in [0.4, 0.5) is 10.1 Å². The molecule has 2 rings (SSSR count). The quantitative estimate of drug-likeness (QED) is 0.773. The zero-order chi connectivity index (χ0) is 10.7. The van der Waals surface area contributed by atoms with E-state index in [4.69, 9.17) is 5.90 Å². The molecule has 1 fully saturated rings. The van der Waals surface area contributed by atoms with Gasteiger partial charge in [-0.2, -0.15) is 0 Å². The fourth-order valence-electron chi connectivity index (χ4n) is 2.03. The molecule has 0 atom stereocenters. The standard InChI is InChI=1S/C11H15FN2O/c12-10-3-4-11(9(7-10)8-15-13)14-5-1-2-6-14/h3-4,7H,1-2,5-6,8,13H2. The monoisotopic (exact) mass is 210 g/mol. The summed E-state index contributed by atoms with van der Waals surface area (Å²) in [6, 6.07) is 4.77. The van der Waals surface area contributed by atoms with Gasteiger partial charge in [-0.05, 0) is 31.0 Å². The maximum Gasteiger partial charge on any atom is 0.123 e. The lowest BCUT2D eigenvalue weighted by molar-refractivity contribution is 0.124. The van der Waals surface area contributed by atoms with Crippen molar-refractivity contribution >= 4 is 5.69 Å². The average molecular weight is 210 g/mol. The SMILES string of the molecule is NOCc1cc(F)ccc1N1CCCC1. The van der Waals surface area contributed by atoms with Crippen LogP contribution in [0.1, 0.15) is 18.4 Å². The van der Waals surface area contributed by atoms with E-state index in [1.54, 1.807) is 6.07 Å². The van der Waals surface area contributed by atoms with Gasteiger partial charge in [0.2, 0.25) is 0 Å². The Kier molecular flexibility index (Phi) is 3.18. The summed E-state index contributed by atoms with van der Waals surface area (Å²) in [6.45, 7) is 2.32. The summed E-state index contributed by atoms with van der Waals surface area (Å²) in [4.78, 5) is 6.83. The molecule has 4 heteroatoms. The van der Waals surface area contributed by atoms with Gasteiger partial charge < -0.3 is 4.90 Å². The van der Waals surface area contributed by atoms with Crippen molar-refractivity contribution in [3.8, 4) is 0 Å². The second kappa shape index (κ2) is 4.59. The molecule has 0 saturated carbocycles. The molecular weight excluding hydrogens is 195 g/mol. The molecular formula is C11H15FN2O. The third kappa shape index (κ3) is 2.27. The average Bonchev–Trinajstić information content (AvgIpc) is 2.71. The first-order valence-electron chi connectivity index (χ1n) is 5.16. The van der Waals surface area contributed by atoms with Crippen molar-refractivity contribution in [2.75, 3.05) is 18.0 Å². The number of rotatable bonds is 3. The van der Waals surface area contributed by atoms with Gasteiger partial charge in [0.25, 0.3) is 0 Å². The molecule has 1 saturated heterocycles. The van der Waals surface area contributed by atoms with Crippen LogP contribution in [0.25, 0.3) is 0 Å². The predicted molar refractivity (Wildman–Crippen MR) is 56.8 cm³/mol. The summed E-state index contributed by atoms with van der Waals surface area (Å²) in [7, 11) is 0. The maximum absolute atomic E-state index is 13.0. The van der Waals surface area contributed by atoms with Crippen LogP contribution in [0.5, 0.6) is 0 Å². The Morgan fingerprint density at radius 3 is 2.73 bits per heavy atom. The number of nitrogens with two attached hydrogens (primary N) is 1. The van der Waals surface area contributed by atoms with Gasteiger partial charge in [0.1, 0.15) is 5.82 Å². The van der Waals surface area contributed by atoms with Crippen molar-refractivity contribution < 1.29 is 9.23 Å². The summed E-state index contributed by atoms with van der Waals surface area (Å²) < 4.78 is 13.0. The number of nitrogens with zero attached hydrogens (tertiary/aromatic N) is 1. The smallest absolute Gasteiger partial charge is 0.123 e. The van der Waals surface area contributed by atoms with Gasteiger partial charge in [-0.3, -0.25) is 4.84 Å². The van der Waals surface area contributed by atoms with Gasteiger partial charge in [-0.15, -0.1) is 0 Å². The van der Waals surface area contributed by atoms with Crippen LogP contribution in [0.2, 0.25) is 0 Å². The van der Waals surface area contributed by atoms with Crippen molar-refractivity contribution in [3.63, 3.8) is 0 Å². The Bertz CT molecular complexity index is 337. The molecule has 0 unspecified atom stereocenters. The normalized spacial score (nSPS) is 16.0. The Hall–Kier alpha value is -1.13. The van der Waals surface area contributed by atoms with Crippen LogP contribution in [0, 0.1) is 5.82 Å². The topological polar surface area (TPSA) is 38.5 Å². The van der Waals surface area contributed by atoms with E-state index in [9.17, 15) is 4.39 Å². The van der Waals surface area contributed by atoms with Crippen LogP contribution < -0.4 is 10.8 Å². The molecule has 3 nitrogen and oxygen atoms in total. The van der Waals surface area contributed by atoms with E-state index in [-0.39, 0.29) is 12.4 Å². The fraction of sp³-hybridized carbons (Fsp3) is 0.455. The van der Waals surface area contributed by atoms with E-state index in [1.165, 1.54) is 25.0 Å². The Balaban J connectivity index is 2.27. The lowest BCUT2D eigenvalue weighted by Crippen LogP contribution is -2.19. The van der Waals surface area contributed by atoms with Crippen LogP contribution in [-0.2, 0) is 11.4 Å². The predicted octanol–water partition coefficient (Wildman–Crippen LogP) is 1.82. The van der Waals surface area contributed by atoms with Gasteiger partial charge in [0.15, 0.2) is 0 Å². The molecule has 1 aromatic rings. The first-order chi connectivity index (χ1) is 7.31. The molecule has 0 aromatic heterocycles. The highest BCUT2D eigenvalue weighted by molar-refractivity contribution is 5.54. The number of hydrogen-bond donors (Lipinski definition) is 1. The lowest BCUT2D eigenvalue weighted by atomic mass is 10.1. The van der Waals surface area contributed by atoms with Gasteiger partial charge in [-0.1, -0.05) is 0 Å². The molecule has 0 bridgehead atoms. The molecule has 82 valence electrons. The summed E-state index contributed by atoms with van der Waals surface area (Å²) in [5.74, 6) is 4.79. The van der Waals surface area contributed by atoms with Crippen molar-refractivity contribution in [1.82, 2.24) is 0 Å². The molecule has 0 aliphatic carbocycles. The summed E-state index contributed by atoms with van der Waals surface area (Å²) in [6.07, 6.45) is 2.39. The second-order valence-corrected chi connectivity index (χ2v) is 3.78. The summed E-state index contributed by atoms with van der Waals surface area (Å²) in [5, 5.41) is 0. The maximum atomic E-state index is 13.0. The number of hydrogen-bond acceptors (Lipinski definition) is 3. The minimum Gasteiger partial charge on any atom is -0.371 e. The fourth-order valence-corrected chi connectivity index (χ4v) is 2.03. The minimum absolute atomic E-state index is 0.245. The van der Waals surface area contributed by atoms with E-state index in [0.29, 0.717) is 0 Å². The second-order valence-electron chi connectivity index (χ2n) is 3.78. The Morgan fingerprint density at radius 2 is 2.07 bits per heavy atom. The van der Waals surface area contributed by atoms with Crippen LogP contribution in [-0.4, -0.2) is 13.1 Å². The van der Waals surface area contributed by atoms with Gasteiger partial charge in [0, 0.05) is 24.3 Å². The zero-order valence-electron chi connectivity index (χ0n) is 8.58. The van der Waals surface area contributed by atoms with Crippen molar-refractivity contribution in [1.29, 1.82) is 0 Å². The molecule has 1 aromatic carbocycles. The third-order valence-electron chi connectivity index (χ3n) is 2.73. The first-order valence-corrected chi connectivity index (χ1v) is 5.16.